The van der Waals surface area contributed by atoms with E-state index >= 15 is 0 Å². The molecule has 4 nitrogen and oxygen atoms in total. The molecule has 0 aliphatic rings. The average Bonchev–Trinajstić information content (AvgIpc) is 2.80. The molecule has 0 aromatic carbocycles. The third kappa shape index (κ3) is 4.46. The lowest BCUT2D eigenvalue weighted by Gasteiger charge is -2.25. The fourth-order valence-electron chi connectivity index (χ4n) is 1.35. The van der Waals surface area contributed by atoms with Crippen molar-refractivity contribution >= 4 is 17.2 Å². The first kappa shape index (κ1) is 14.2. The van der Waals surface area contributed by atoms with Gasteiger partial charge in [-0.15, -0.1) is 11.3 Å². The van der Waals surface area contributed by atoms with Crippen LogP contribution >= 0.6 is 11.3 Å². The molecule has 17 heavy (non-hydrogen) atoms. The number of carbonyl (C=O) groups excluding carboxylic acids is 1. The molecular formula is C12H20N2O2S. The van der Waals surface area contributed by atoms with Crippen LogP contribution in [-0.4, -0.2) is 54.1 Å². The molecule has 1 aromatic rings. The summed E-state index contributed by atoms with van der Waals surface area (Å²) in [6, 6.07) is 4.02. The third-order valence-corrected chi connectivity index (χ3v) is 3.66. The summed E-state index contributed by atoms with van der Waals surface area (Å²) in [4.78, 5) is 16.7. The van der Waals surface area contributed by atoms with E-state index in [0.717, 1.165) is 0 Å². The zero-order chi connectivity index (χ0) is 12.8. The average molecular weight is 256 g/mol. The van der Waals surface area contributed by atoms with Crippen LogP contribution < -0.4 is 0 Å². The number of aliphatic hydroxyl groups is 1. The Kier molecular flexibility index (Phi) is 5.61. The van der Waals surface area contributed by atoms with Gasteiger partial charge in [0.2, 0.25) is 5.91 Å². The summed E-state index contributed by atoms with van der Waals surface area (Å²) >= 11 is 1.65. The summed E-state index contributed by atoms with van der Waals surface area (Å²) < 4.78 is 0. The zero-order valence-corrected chi connectivity index (χ0v) is 11.4. The van der Waals surface area contributed by atoms with Crippen molar-refractivity contribution in [2.75, 3.05) is 27.2 Å². The number of thiophene rings is 1. The standard InChI is InChI=1S/C12H20N2O2S/c1-10(9-15)13(2)8-12(16)14(3)7-11-5-4-6-17-11/h4-6,10,15H,7-9H2,1-3H3. The van der Waals surface area contributed by atoms with Crippen LogP contribution in [0.3, 0.4) is 0 Å². The van der Waals surface area contributed by atoms with E-state index < -0.39 is 0 Å². The summed E-state index contributed by atoms with van der Waals surface area (Å²) in [5.74, 6) is 0.0706. The maximum Gasteiger partial charge on any atom is 0.236 e. The van der Waals surface area contributed by atoms with E-state index in [2.05, 4.69) is 0 Å². The van der Waals surface area contributed by atoms with Crippen molar-refractivity contribution in [3.63, 3.8) is 0 Å². The minimum atomic E-state index is 0.00841. The first-order valence-electron chi connectivity index (χ1n) is 5.62. The molecule has 1 rings (SSSR count). The van der Waals surface area contributed by atoms with Gasteiger partial charge in [-0.2, -0.15) is 0 Å². The topological polar surface area (TPSA) is 43.8 Å². The quantitative estimate of drug-likeness (QED) is 0.826. The van der Waals surface area contributed by atoms with Gasteiger partial charge >= 0.3 is 0 Å². The van der Waals surface area contributed by atoms with Crippen LogP contribution in [0.25, 0.3) is 0 Å². The van der Waals surface area contributed by atoms with Gasteiger partial charge < -0.3 is 10.0 Å². The highest BCUT2D eigenvalue weighted by molar-refractivity contribution is 7.09. The van der Waals surface area contributed by atoms with Gasteiger partial charge in [-0.25, -0.2) is 0 Å². The number of rotatable bonds is 6. The van der Waals surface area contributed by atoms with Gasteiger partial charge in [0.15, 0.2) is 0 Å². The monoisotopic (exact) mass is 256 g/mol. The molecule has 0 radical (unpaired) electrons. The molecule has 1 atom stereocenters. The van der Waals surface area contributed by atoms with Crippen molar-refractivity contribution in [1.82, 2.24) is 9.80 Å². The largest absolute Gasteiger partial charge is 0.395 e. The highest BCUT2D eigenvalue weighted by atomic mass is 32.1. The molecule has 5 heteroatoms. The summed E-state index contributed by atoms with van der Waals surface area (Å²) in [5, 5.41) is 11.0. The Morgan fingerprint density at radius 1 is 1.53 bits per heavy atom. The van der Waals surface area contributed by atoms with Gasteiger partial charge in [0.05, 0.1) is 19.7 Å². The Balaban J connectivity index is 2.42. The molecule has 0 saturated carbocycles. The second-order valence-corrected chi connectivity index (χ2v) is 5.31. The maximum absolute atomic E-state index is 11.9. The van der Waals surface area contributed by atoms with Crippen molar-refractivity contribution in [2.45, 2.75) is 19.5 Å². The zero-order valence-electron chi connectivity index (χ0n) is 10.6. The molecule has 1 heterocycles. The molecular weight excluding hydrogens is 236 g/mol. The van der Waals surface area contributed by atoms with E-state index in [1.807, 2.05) is 36.4 Å². The number of nitrogens with zero attached hydrogens (tertiary/aromatic N) is 2. The second-order valence-electron chi connectivity index (χ2n) is 4.28. The Morgan fingerprint density at radius 3 is 2.76 bits per heavy atom. The van der Waals surface area contributed by atoms with Crippen molar-refractivity contribution in [3.05, 3.63) is 22.4 Å². The van der Waals surface area contributed by atoms with Crippen LogP contribution in [-0.2, 0) is 11.3 Å². The fraction of sp³-hybridized carbons (Fsp3) is 0.583. The number of carbonyl (C=O) groups is 1. The lowest BCUT2D eigenvalue weighted by molar-refractivity contribution is -0.131. The van der Waals surface area contributed by atoms with Crippen LogP contribution in [0.5, 0.6) is 0 Å². The molecule has 1 unspecified atom stereocenters. The molecule has 96 valence electrons. The van der Waals surface area contributed by atoms with Gasteiger partial charge in [0.1, 0.15) is 0 Å². The lowest BCUT2D eigenvalue weighted by atomic mass is 10.3. The summed E-state index contributed by atoms with van der Waals surface area (Å²) in [7, 11) is 3.65. The number of likely N-dealkylation sites (N-methyl/N-ethyl adjacent to an activating group) is 2. The van der Waals surface area contributed by atoms with E-state index in [4.69, 9.17) is 5.11 Å². The van der Waals surface area contributed by atoms with Gasteiger partial charge in [0.25, 0.3) is 0 Å². The van der Waals surface area contributed by atoms with Crippen LogP contribution in [0.2, 0.25) is 0 Å². The SMILES string of the molecule is CC(CO)N(C)CC(=O)N(C)Cc1cccs1. The molecule has 1 aromatic heterocycles. The van der Waals surface area contributed by atoms with Crippen molar-refractivity contribution in [2.24, 2.45) is 0 Å². The van der Waals surface area contributed by atoms with E-state index in [1.54, 1.807) is 23.3 Å². The minimum absolute atomic E-state index is 0.00841. The van der Waals surface area contributed by atoms with Crippen molar-refractivity contribution in [3.8, 4) is 0 Å². The lowest BCUT2D eigenvalue weighted by Crippen LogP contribution is -2.41. The Morgan fingerprint density at radius 2 is 2.24 bits per heavy atom. The highest BCUT2D eigenvalue weighted by Gasteiger charge is 2.15. The smallest absolute Gasteiger partial charge is 0.236 e. The van der Waals surface area contributed by atoms with Crippen molar-refractivity contribution in [1.29, 1.82) is 0 Å². The molecule has 0 fully saturated rings. The normalized spacial score (nSPS) is 12.8. The molecule has 1 N–H and O–H groups in total. The Labute approximate surface area is 106 Å². The van der Waals surface area contributed by atoms with E-state index in [1.165, 1.54) is 4.88 Å². The van der Waals surface area contributed by atoms with Gasteiger partial charge in [-0.3, -0.25) is 9.69 Å². The molecule has 1 amide bonds. The summed E-state index contributed by atoms with van der Waals surface area (Å²) in [5.41, 5.74) is 0. The number of hydrogen-bond donors (Lipinski definition) is 1. The Bertz CT molecular complexity index is 340. The van der Waals surface area contributed by atoms with E-state index in [9.17, 15) is 4.79 Å². The number of aliphatic hydroxyl groups excluding tert-OH is 1. The fourth-order valence-corrected chi connectivity index (χ4v) is 2.11. The minimum Gasteiger partial charge on any atom is -0.395 e. The molecule has 0 spiro atoms. The first-order chi connectivity index (χ1) is 8.04. The highest BCUT2D eigenvalue weighted by Crippen LogP contribution is 2.11. The van der Waals surface area contributed by atoms with Crippen LogP contribution in [0.15, 0.2) is 17.5 Å². The summed E-state index contributed by atoms with van der Waals surface area (Å²) in [6.45, 7) is 2.95. The van der Waals surface area contributed by atoms with Crippen LogP contribution in [0.1, 0.15) is 11.8 Å². The van der Waals surface area contributed by atoms with Gasteiger partial charge in [-0.1, -0.05) is 6.07 Å². The Hall–Kier alpha value is -0.910. The van der Waals surface area contributed by atoms with Gasteiger partial charge in [0, 0.05) is 18.0 Å². The number of hydrogen-bond acceptors (Lipinski definition) is 4. The molecule has 0 bridgehead atoms. The maximum atomic E-state index is 11.9. The van der Waals surface area contributed by atoms with E-state index in [-0.39, 0.29) is 18.6 Å². The van der Waals surface area contributed by atoms with E-state index in [0.29, 0.717) is 13.1 Å². The van der Waals surface area contributed by atoms with Crippen molar-refractivity contribution < 1.29 is 9.90 Å². The second kappa shape index (κ2) is 6.74. The molecule has 0 aliphatic carbocycles. The predicted molar refractivity (Wildman–Crippen MR) is 70.0 cm³/mol. The van der Waals surface area contributed by atoms with Crippen LogP contribution in [0, 0.1) is 0 Å². The molecule has 0 saturated heterocycles. The number of amides is 1. The predicted octanol–water partition coefficient (Wildman–Crippen LogP) is 1.02. The molecule has 0 aliphatic heterocycles. The summed E-state index contributed by atoms with van der Waals surface area (Å²) in [6.07, 6.45) is 0. The third-order valence-electron chi connectivity index (χ3n) is 2.80. The van der Waals surface area contributed by atoms with Crippen LogP contribution in [0.4, 0.5) is 0 Å². The van der Waals surface area contributed by atoms with Gasteiger partial charge in [-0.05, 0) is 25.4 Å². The first-order valence-corrected chi connectivity index (χ1v) is 6.50.